The minimum absolute atomic E-state index is 0.351. The third-order valence-electron chi connectivity index (χ3n) is 4.26. The van der Waals surface area contributed by atoms with Crippen LogP contribution in [0.3, 0.4) is 0 Å². The highest BCUT2D eigenvalue weighted by Crippen LogP contribution is 2.29. The fourth-order valence-electron chi connectivity index (χ4n) is 2.87. The molecule has 0 saturated carbocycles. The van der Waals surface area contributed by atoms with Gasteiger partial charge in [0.2, 0.25) is 0 Å². The normalized spacial score (nSPS) is 16.8. The summed E-state index contributed by atoms with van der Waals surface area (Å²) in [4.78, 5) is 0. The summed E-state index contributed by atoms with van der Waals surface area (Å²) in [5.74, 6) is 1.48. The first-order valence-corrected chi connectivity index (χ1v) is 8.99. The fraction of sp³-hybridized carbons (Fsp3) is 0.400. The van der Waals surface area contributed by atoms with E-state index in [0.29, 0.717) is 12.7 Å². The van der Waals surface area contributed by atoms with E-state index in [1.807, 2.05) is 36.4 Å². The summed E-state index contributed by atoms with van der Waals surface area (Å²) in [5, 5.41) is 4.17. The maximum Gasteiger partial charge on any atom is 0.161 e. The van der Waals surface area contributed by atoms with Crippen LogP contribution >= 0.6 is 11.6 Å². The van der Waals surface area contributed by atoms with Crippen LogP contribution in [0.4, 0.5) is 0 Å². The van der Waals surface area contributed by atoms with Gasteiger partial charge in [-0.3, -0.25) is 0 Å². The van der Waals surface area contributed by atoms with Gasteiger partial charge >= 0.3 is 0 Å². The Morgan fingerprint density at radius 1 is 1.12 bits per heavy atom. The topological polar surface area (TPSA) is 39.7 Å². The molecule has 25 heavy (non-hydrogen) atoms. The van der Waals surface area contributed by atoms with Crippen LogP contribution in [0.1, 0.15) is 24.0 Å². The smallest absolute Gasteiger partial charge is 0.161 e. The number of hydrogen-bond donors (Lipinski definition) is 1. The monoisotopic (exact) mass is 361 g/mol. The van der Waals surface area contributed by atoms with E-state index in [0.717, 1.165) is 53.8 Å². The number of hydrogen-bond acceptors (Lipinski definition) is 4. The van der Waals surface area contributed by atoms with E-state index in [9.17, 15) is 0 Å². The molecule has 3 rings (SSSR count). The van der Waals surface area contributed by atoms with Crippen LogP contribution < -0.4 is 14.8 Å². The van der Waals surface area contributed by atoms with Crippen molar-refractivity contribution in [3.8, 4) is 11.5 Å². The maximum absolute atomic E-state index is 5.90. The molecule has 1 heterocycles. The molecule has 2 aromatic rings. The molecule has 0 unspecified atom stereocenters. The van der Waals surface area contributed by atoms with Crippen LogP contribution in [0.2, 0.25) is 5.02 Å². The number of benzene rings is 2. The van der Waals surface area contributed by atoms with Gasteiger partial charge in [-0.1, -0.05) is 29.8 Å². The van der Waals surface area contributed by atoms with Crippen molar-refractivity contribution in [3.63, 3.8) is 0 Å². The van der Waals surface area contributed by atoms with E-state index in [1.165, 1.54) is 6.42 Å². The van der Waals surface area contributed by atoms with E-state index in [2.05, 4.69) is 11.4 Å². The van der Waals surface area contributed by atoms with Gasteiger partial charge in [-0.25, -0.2) is 0 Å². The van der Waals surface area contributed by atoms with Crippen molar-refractivity contribution < 1.29 is 14.2 Å². The van der Waals surface area contributed by atoms with Crippen LogP contribution in [0.15, 0.2) is 42.5 Å². The second-order valence-corrected chi connectivity index (χ2v) is 6.60. The lowest BCUT2D eigenvalue weighted by Crippen LogP contribution is -2.25. The lowest BCUT2D eigenvalue weighted by molar-refractivity contribution is 0.110. The average Bonchev–Trinajstić information content (AvgIpc) is 3.15. The SMILES string of the molecule is COc1cc(CNC[C@H]2CCCO2)ccc1OCc1ccc(Cl)cc1. The molecule has 4 nitrogen and oxygen atoms in total. The molecule has 0 spiro atoms. The first-order valence-electron chi connectivity index (χ1n) is 8.61. The highest BCUT2D eigenvalue weighted by atomic mass is 35.5. The third-order valence-corrected chi connectivity index (χ3v) is 4.51. The van der Waals surface area contributed by atoms with Crippen LogP contribution in [-0.2, 0) is 17.9 Å². The zero-order chi connectivity index (χ0) is 17.5. The Labute approximate surface area is 154 Å². The van der Waals surface area contributed by atoms with Gasteiger partial charge in [0.15, 0.2) is 11.5 Å². The van der Waals surface area contributed by atoms with Gasteiger partial charge in [-0.2, -0.15) is 0 Å². The number of halogens is 1. The van der Waals surface area contributed by atoms with Crippen molar-refractivity contribution in [3.05, 3.63) is 58.6 Å². The zero-order valence-electron chi connectivity index (χ0n) is 14.5. The summed E-state index contributed by atoms with van der Waals surface area (Å²) in [6, 6.07) is 13.7. The molecule has 1 saturated heterocycles. The van der Waals surface area contributed by atoms with Gasteiger partial charge in [0, 0.05) is 24.7 Å². The van der Waals surface area contributed by atoms with Crippen molar-refractivity contribution in [2.45, 2.75) is 32.1 Å². The molecule has 1 atom stereocenters. The molecule has 1 N–H and O–H groups in total. The Hall–Kier alpha value is -1.75. The van der Waals surface area contributed by atoms with Crippen molar-refractivity contribution in [2.24, 2.45) is 0 Å². The Morgan fingerprint density at radius 2 is 1.92 bits per heavy atom. The molecule has 0 amide bonds. The zero-order valence-corrected chi connectivity index (χ0v) is 15.2. The summed E-state index contributed by atoms with van der Waals surface area (Å²) in [6.45, 7) is 3.04. The van der Waals surface area contributed by atoms with E-state index in [4.69, 9.17) is 25.8 Å². The molecule has 0 bridgehead atoms. The van der Waals surface area contributed by atoms with Gasteiger partial charge in [0.25, 0.3) is 0 Å². The second kappa shape index (κ2) is 9.09. The van der Waals surface area contributed by atoms with Crippen LogP contribution in [0, 0.1) is 0 Å². The van der Waals surface area contributed by atoms with Gasteiger partial charge in [-0.05, 0) is 48.2 Å². The predicted molar refractivity (Wildman–Crippen MR) is 99.5 cm³/mol. The third kappa shape index (κ3) is 5.36. The summed E-state index contributed by atoms with van der Waals surface area (Å²) in [7, 11) is 1.66. The molecule has 134 valence electrons. The van der Waals surface area contributed by atoms with Crippen molar-refractivity contribution in [1.82, 2.24) is 5.32 Å². The molecular formula is C20H24ClNO3. The summed E-state index contributed by atoms with van der Waals surface area (Å²) in [5.41, 5.74) is 2.22. The number of rotatable bonds is 8. The first-order chi connectivity index (χ1) is 12.2. The van der Waals surface area contributed by atoms with Gasteiger partial charge in [0.05, 0.1) is 13.2 Å². The molecule has 1 aliphatic rings. The quantitative estimate of drug-likeness (QED) is 0.765. The van der Waals surface area contributed by atoms with E-state index in [1.54, 1.807) is 7.11 Å². The molecule has 5 heteroatoms. The first kappa shape index (κ1) is 18.1. The van der Waals surface area contributed by atoms with E-state index in [-0.39, 0.29) is 0 Å². The lowest BCUT2D eigenvalue weighted by atomic mass is 10.2. The largest absolute Gasteiger partial charge is 0.493 e. The van der Waals surface area contributed by atoms with Crippen LogP contribution in [-0.4, -0.2) is 26.4 Å². The summed E-state index contributed by atoms with van der Waals surface area (Å²) in [6.07, 6.45) is 2.66. The molecular weight excluding hydrogens is 338 g/mol. The molecule has 0 radical (unpaired) electrons. The molecule has 1 aliphatic heterocycles. The van der Waals surface area contributed by atoms with Crippen molar-refractivity contribution in [2.75, 3.05) is 20.3 Å². The van der Waals surface area contributed by atoms with E-state index < -0.39 is 0 Å². The number of nitrogens with one attached hydrogen (secondary N) is 1. The Balaban J connectivity index is 1.54. The number of ether oxygens (including phenoxy) is 3. The Kier molecular flexibility index (Phi) is 6.56. The highest BCUT2D eigenvalue weighted by Gasteiger charge is 2.14. The van der Waals surface area contributed by atoms with Crippen LogP contribution in [0.5, 0.6) is 11.5 Å². The van der Waals surface area contributed by atoms with E-state index >= 15 is 0 Å². The van der Waals surface area contributed by atoms with Crippen LogP contribution in [0.25, 0.3) is 0 Å². The Morgan fingerprint density at radius 3 is 2.64 bits per heavy atom. The summed E-state index contributed by atoms with van der Waals surface area (Å²) < 4.78 is 17.0. The molecule has 1 fully saturated rings. The van der Waals surface area contributed by atoms with Gasteiger partial charge in [0.1, 0.15) is 6.61 Å². The summed E-state index contributed by atoms with van der Waals surface area (Å²) >= 11 is 5.90. The van der Waals surface area contributed by atoms with Gasteiger partial charge in [-0.15, -0.1) is 0 Å². The fourth-order valence-corrected chi connectivity index (χ4v) is 2.99. The maximum atomic E-state index is 5.90. The highest BCUT2D eigenvalue weighted by molar-refractivity contribution is 6.30. The van der Waals surface area contributed by atoms with Crippen molar-refractivity contribution >= 4 is 11.6 Å². The second-order valence-electron chi connectivity index (χ2n) is 6.17. The minimum atomic E-state index is 0.351. The lowest BCUT2D eigenvalue weighted by Gasteiger charge is -2.14. The molecule has 0 aliphatic carbocycles. The molecule has 0 aromatic heterocycles. The standard InChI is InChI=1S/C20H24ClNO3/c1-23-20-11-16(12-22-13-18-3-2-10-24-18)6-9-19(20)25-14-15-4-7-17(21)8-5-15/h4-9,11,18,22H,2-3,10,12-14H2,1H3/t18-/m1/s1. The minimum Gasteiger partial charge on any atom is -0.493 e. The Bertz CT molecular complexity index is 669. The average molecular weight is 362 g/mol. The van der Waals surface area contributed by atoms with Gasteiger partial charge < -0.3 is 19.5 Å². The number of methoxy groups -OCH3 is 1. The molecule has 2 aromatic carbocycles. The predicted octanol–water partition coefficient (Wildman–Crippen LogP) is 4.20. The van der Waals surface area contributed by atoms with Crippen molar-refractivity contribution in [1.29, 1.82) is 0 Å².